The summed E-state index contributed by atoms with van der Waals surface area (Å²) in [6.07, 6.45) is 6.31. The van der Waals surface area contributed by atoms with Crippen molar-refractivity contribution < 1.29 is 9.53 Å². The van der Waals surface area contributed by atoms with E-state index < -0.39 is 6.04 Å². The number of carbonyl (C=O) groups excluding carboxylic acids is 1. The number of likely N-dealkylation sites (tertiary alicyclic amines) is 1. The molecular formula is C22H32N4O2. The molecule has 0 aliphatic carbocycles. The molecule has 0 spiro atoms. The molecule has 0 radical (unpaired) electrons. The van der Waals surface area contributed by atoms with Crippen molar-refractivity contribution in [3.63, 3.8) is 0 Å². The SMILES string of the molecule is CC(C)CCOC1CCN(C(=O)[C@@H](N)Cc2cn(Cc3ccccc3)cn2)C1. The number of amides is 1. The maximum atomic E-state index is 12.7. The van der Waals surface area contributed by atoms with E-state index in [0.29, 0.717) is 18.9 Å². The predicted octanol–water partition coefficient (Wildman–Crippen LogP) is 2.46. The van der Waals surface area contributed by atoms with Crippen molar-refractivity contribution in [2.24, 2.45) is 11.7 Å². The number of hydrogen-bond acceptors (Lipinski definition) is 4. The molecule has 2 atom stereocenters. The molecule has 1 fully saturated rings. The largest absolute Gasteiger partial charge is 0.376 e. The van der Waals surface area contributed by atoms with Crippen LogP contribution in [-0.4, -0.2) is 52.2 Å². The molecule has 1 aromatic heterocycles. The minimum atomic E-state index is -0.561. The first-order chi connectivity index (χ1) is 13.5. The van der Waals surface area contributed by atoms with Crippen LogP contribution in [-0.2, 0) is 22.5 Å². The van der Waals surface area contributed by atoms with Gasteiger partial charge in [0.2, 0.25) is 5.91 Å². The Bertz CT molecular complexity index is 744. The molecule has 0 bridgehead atoms. The molecule has 1 saturated heterocycles. The number of nitrogens with two attached hydrogens (primary N) is 1. The summed E-state index contributed by atoms with van der Waals surface area (Å²) < 4.78 is 7.93. The van der Waals surface area contributed by atoms with Gasteiger partial charge in [-0.05, 0) is 24.3 Å². The highest BCUT2D eigenvalue weighted by molar-refractivity contribution is 5.82. The fourth-order valence-corrected chi connectivity index (χ4v) is 3.47. The Morgan fingerprint density at radius 3 is 2.86 bits per heavy atom. The second kappa shape index (κ2) is 9.85. The van der Waals surface area contributed by atoms with Gasteiger partial charge in [0.15, 0.2) is 0 Å². The lowest BCUT2D eigenvalue weighted by Crippen LogP contribution is -2.44. The van der Waals surface area contributed by atoms with Gasteiger partial charge in [-0.3, -0.25) is 4.79 Å². The Morgan fingerprint density at radius 2 is 2.11 bits per heavy atom. The van der Waals surface area contributed by atoms with E-state index in [-0.39, 0.29) is 12.0 Å². The Kier molecular flexibility index (Phi) is 7.23. The van der Waals surface area contributed by atoms with Gasteiger partial charge < -0.3 is 19.9 Å². The Hall–Kier alpha value is -2.18. The minimum Gasteiger partial charge on any atom is -0.376 e. The first-order valence-corrected chi connectivity index (χ1v) is 10.2. The number of imidazole rings is 1. The van der Waals surface area contributed by atoms with Crippen LogP contribution in [0, 0.1) is 5.92 Å². The predicted molar refractivity (Wildman–Crippen MR) is 110 cm³/mol. The molecule has 2 N–H and O–H groups in total. The van der Waals surface area contributed by atoms with Crippen LogP contribution in [0.15, 0.2) is 42.9 Å². The number of aromatic nitrogens is 2. The van der Waals surface area contributed by atoms with Crippen molar-refractivity contribution >= 4 is 5.91 Å². The molecule has 1 aliphatic rings. The van der Waals surface area contributed by atoms with E-state index in [9.17, 15) is 4.79 Å². The minimum absolute atomic E-state index is 0.00688. The normalized spacial score (nSPS) is 18.0. The molecule has 6 nitrogen and oxygen atoms in total. The monoisotopic (exact) mass is 384 g/mol. The molecule has 28 heavy (non-hydrogen) atoms. The zero-order valence-electron chi connectivity index (χ0n) is 17.0. The Balaban J connectivity index is 1.46. The molecule has 6 heteroatoms. The standard InChI is InChI=1S/C22H32N4O2/c1-17(2)9-11-28-20-8-10-26(15-20)22(27)21(23)12-19-14-25(16-24-19)13-18-6-4-3-5-7-18/h3-7,14,16-17,20-21H,8-13,15,23H2,1-2H3/t20?,21-/m0/s1. The second-order valence-corrected chi connectivity index (χ2v) is 8.08. The number of rotatable bonds is 9. The molecule has 1 aliphatic heterocycles. The number of carbonyl (C=O) groups is 1. The molecule has 2 heterocycles. The summed E-state index contributed by atoms with van der Waals surface area (Å²) in [5.41, 5.74) is 8.26. The lowest BCUT2D eigenvalue weighted by molar-refractivity contribution is -0.132. The number of nitrogens with zero attached hydrogens (tertiary/aromatic N) is 3. The van der Waals surface area contributed by atoms with Crippen LogP contribution < -0.4 is 5.73 Å². The fraction of sp³-hybridized carbons (Fsp3) is 0.545. The molecule has 2 aromatic rings. The van der Waals surface area contributed by atoms with Crippen LogP contribution >= 0.6 is 0 Å². The van der Waals surface area contributed by atoms with Gasteiger partial charge in [0.1, 0.15) is 0 Å². The lowest BCUT2D eigenvalue weighted by atomic mass is 10.1. The van der Waals surface area contributed by atoms with Crippen LogP contribution in [0.25, 0.3) is 0 Å². The van der Waals surface area contributed by atoms with Gasteiger partial charge in [0.05, 0.1) is 24.2 Å². The van der Waals surface area contributed by atoms with E-state index in [4.69, 9.17) is 10.5 Å². The summed E-state index contributed by atoms with van der Waals surface area (Å²) in [6.45, 7) is 7.27. The first-order valence-electron chi connectivity index (χ1n) is 10.2. The zero-order valence-corrected chi connectivity index (χ0v) is 17.0. The highest BCUT2D eigenvalue weighted by Crippen LogP contribution is 2.16. The Morgan fingerprint density at radius 1 is 1.32 bits per heavy atom. The van der Waals surface area contributed by atoms with E-state index in [0.717, 1.165) is 38.2 Å². The van der Waals surface area contributed by atoms with Crippen molar-refractivity contribution in [2.45, 2.75) is 51.8 Å². The molecule has 1 amide bonds. The summed E-state index contributed by atoms with van der Waals surface area (Å²) in [7, 11) is 0. The molecule has 1 aromatic carbocycles. The third-order valence-corrected chi connectivity index (χ3v) is 5.15. The molecule has 3 rings (SSSR count). The van der Waals surface area contributed by atoms with Gasteiger partial charge in [-0.25, -0.2) is 4.98 Å². The van der Waals surface area contributed by atoms with Crippen LogP contribution in [0.2, 0.25) is 0 Å². The van der Waals surface area contributed by atoms with Crippen LogP contribution in [0.4, 0.5) is 0 Å². The number of ether oxygens (including phenoxy) is 1. The van der Waals surface area contributed by atoms with Gasteiger partial charge in [-0.15, -0.1) is 0 Å². The van der Waals surface area contributed by atoms with E-state index in [1.54, 1.807) is 6.33 Å². The first kappa shape index (κ1) is 20.6. The molecular weight excluding hydrogens is 352 g/mol. The second-order valence-electron chi connectivity index (χ2n) is 8.08. The summed E-state index contributed by atoms with van der Waals surface area (Å²) in [5, 5.41) is 0. The van der Waals surface area contributed by atoms with Gasteiger partial charge in [-0.2, -0.15) is 0 Å². The van der Waals surface area contributed by atoms with E-state index in [1.165, 1.54) is 5.56 Å². The van der Waals surface area contributed by atoms with E-state index in [1.807, 2.05) is 33.9 Å². The van der Waals surface area contributed by atoms with Crippen LogP contribution in [0.1, 0.15) is 37.9 Å². The average molecular weight is 385 g/mol. The van der Waals surface area contributed by atoms with Gasteiger partial charge in [0, 0.05) is 38.9 Å². The maximum Gasteiger partial charge on any atom is 0.239 e. The highest BCUT2D eigenvalue weighted by Gasteiger charge is 2.30. The van der Waals surface area contributed by atoms with Gasteiger partial charge in [0.25, 0.3) is 0 Å². The molecule has 152 valence electrons. The summed E-state index contributed by atoms with van der Waals surface area (Å²) in [5.74, 6) is 0.627. The highest BCUT2D eigenvalue weighted by atomic mass is 16.5. The maximum absolute atomic E-state index is 12.7. The topological polar surface area (TPSA) is 73.4 Å². The Labute approximate surface area is 167 Å². The third-order valence-electron chi connectivity index (χ3n) is 5.15. The molecule has 1 unspecified atom stereocenters. The number of hydrogen-bond donors (Lipinski definition) is 1. The van der Waals surface area contributed by atoms with Crippen molar-refractivity contribution in [3.8, 4) is 0 Å². The van der Waals surface area contributed by atoms with Crippen molar-refractivity contribution in [2.75, 3.05) is 19.7 Å². The van der Waals surface area contributed by atoms with Gasteiger partial charge in [-0.1, -0.05) is 44.2 Å². The third kappa shape index (κ3) is 5.91. The fourth-order valence-electron chi connectivity index (χ4n) is 3.47. The van der Waals surface area contributed by atoms with E-state index >= 15 is 0 Å². The quantitative estimate of drug-likeness (QED) is 0.721. The van der Waals surface area contributed by atoms with Gasteiger partial charge >= 0.3 is 0 Å². The summed E-state index contributed by atoms with van der Waals surface area (Å²) in [4.78, 5) is 18.9. The van der Waals surface area contributed by atoms with Crippen molar-refractivity contribution in [1.29, 1.82) is 0 Å². The van der Waals surface area contributed by atoms with E-state index in [2.05, 4.69) is 31.0 Å². The molecule has 0 saturated carbocycles. The zero-order chi connectivity index (χ0) is 19.9. The lowest BCUT2D eigenvalue weighted by Gasteiger charge is -2.20. The van der Waals surface area contributed by atoms with Crippen LogP contribution in [0.5, 0.6) is 0 Å². The number of benzene rings is 1. The smallest absolute Gasteiger partial charge is 0.239 e. The van der Waals surface area contributed by atoms with Crippen molar-refractivity contribution in [1.82, 2.24) is 14.5 Å². The average Bonchev–Trinajstić information content (AvgIpc) is 3.31. The summed E-state index contributed by atoms with van der Waals surface area (Å²) >= 11 is 0. The van der Waals surface area contributed by atoms with Crippen LogP contribution in [0.3, 0.4) is 0 Å². The van der Waals surface area contributed by atoms with Crippen molar-refractivity contribution in [3.05, 3.63) is 54.1 Å². The summed E-state index contributed by atoms with van der Waals surface area (Å²) in [6, 6.07) is 9.67.